The fourth-order valence-electron chi connectivity index (χ4n) is 6.83. The van der Waals surface area contributed by atoms with E-state index < -0.39 is 110 Å². The van der Waals surface area contributed by atoms with E-state index in [4.69, 9.17) is 52.1 Å². The predicted octanol–water partition coefficient (Wildman–Crippen LogP) is 2.24. The number of hydrogen-bond donors (Lipinski definition) is 5. The summed E-state index contributed by atoms with van der Waals surface area (Å²) in [5.74, 6) is -8.98. The minimum atomic E-state index is -2.74. The molecule has 3 aromatic carbocycles. The molecule has 22 nitrogen and oxygen atoms in total. The van der Waals surface area contributed by atoms with Gasteiger partial charge < -0.3 is 77.6 Å². The van der Waals surface area contributed by atoms with Crippen LogP contribution in [0.3, 0.4) is 0 Å². The fourth-order valence-corrected chi connectivity index (χ4v) is 6.83. The lowest BCUT2D eigenvalue weighted by Gasteiger charge is -2.45. The number of carbonyl (C=O) groups excluding carboxylic acids is 6. The van der Waals surface area contributed by atoms with E-state index in [0.29, 0.717) is 16.7 Å². The molecule has 0 radical (unpaired) electrons. The van der Waals surface area contributed by atoms with E-state index in [1.807, 2.05) is 0 Å². The van der Waals surface area contributed by atoms with Crippen LogP contribution in [-0.4, -0.2) is 150 Å². The van der Waals surface area contributed by atoms with Crippen LogP contribution in [0.15, 0.2) is 78.9 Å². The Labute approximate surface area is 393 Å². The van der Waals surface area contributed by atoms with Crippen LogP contribution in [-0.2, 0) is 71.4 Å². The molecule has 3 aromatic rings. The van der Waals surface area contributed by atoms with Gasteiger partial charge in [-0.1, -0.05) is 24.3 Å². The van der Waals surface area contributed by atoms with Gasteiger partial charge in [0.25, 0.3) is 0 Å². The Bertz CT molecular complexity index is 2410. The largest absolute Gasteiger partial charge is 0.508 e. The number of aliphatic hydroxyl groups excluding tert-OH is 2. The van der Waals surface area contributed by atoms with Crippen molar-refractivity contribution in [2.45, 2.75) is 75.6 Å². The molecule has 0 spiro atoms. The first-order chi connectivity index (χ1) is 32.8. The topological polar surface area (TPSA) is 305 Å². The number of carbonyl (C=O) groups is 6. The molecule has 0 unspecified atom stereocenters. The van der Waals surface area contributed by atoms with Gasteiger partial charge in [0.1, 0.15) is 50.0 Å². The molecule has 2 aliphatic heterocycles. The third-order valence-electron chi connectivity index (χ3n) is 10.0. The Hall–Kier alpha value is -7.50. The van der Waals surface area contributed by atoms with Crippen molar-refractivity contribution in [2.75, 3.05) is 34.0 Å². The van der Waals surface area contributed by atoms with Crippen molar-refractivity contribution in [3.63, 3.8) is 0 Å². The Morgan fingerprint density at radius 3 is 1.65 bits per heavy atom. The lowest BCUT2D eigenvalue weighted by Crippen LogP contribution is -2.65. The zero-order valence-corrected chi connectivity index (χ0v) is 37.7. The predicted molar refractivity (Wildman–Crippen MR) is 233 cm³/mol. The van der Waals surface area contributed by atoms with Crippen LogP contribution in [0.1, 0.15) is 37.5 Å². The van der Waals surface area contributed by atoms with E-state index in [0.717, 1.165) is 39.0 Å². The maximum Gasteiger partial charge on any atom is 0.331 e. The Kier molecular flexibility index (Phi) is 18.2. The van der Waals surface area contributed by atoms with Crippen molar-refractivity contribution in [1.29, 1.82) is 0 Å². The summed E-state index contributed by atoms with van der Waals surface area (Å²) in [5.41, 5.74) is 1.20. The number of benzene rings is 3. The average Bonchev–Trinajstić information content (AvgIpc) is 3.56. The fraction of sp³-hybridized carbons (Fsp3) is 0.362. The molecule has 2 fully saturated rings. The number of methoxy groups -OCH3 is 2. The van der Waals surface area contributed by atoms with Crippen molar-refractivity contribution >= 4 is 54.0 Å². The van der Waals surface area contributed by atoms with Crippen molar-refractivity contribution in [3.8, 4) is 28.7 Å². The monoisotopic (exact) mass is 966 g/mol. The molecule has 22 heteroatoms. The molecule has 9 atom stereocenters. The summed E-state index contributed by atoms with van der Waals surface area (Å²) in [6.07, 6.45) is -8.28. The number of hydrogen-bond acceptors (Lipinski definition) is 22. The smallest absolute Gasteiger partial charge is 0.331 e. The Morgan fingerprint density at radius 1 is 0.594 bits per heavy atom. The third-order valence-corrected chi connectivity index (χ3v) is 10.0. The average molecular weight is 967 g/mol. The van der Waals surface area contributed by atoms with Crippen molar-refractivity contribution in [2.24, 2.45) is 0 Å². The summed E-state index contributed by atoms with van der Waals surface area (Å²) in [4.78, 5) is 76.7. The zero-order valence-electron chi connectivity index (χ0n) is 37.7. The number of rotatable bonds is 19. The molecule has 69 heavy (non-hydrogen) atoms. The molecular weight excluding hydrogens is 916 g/mol. The second kappa shape index (κ2) is 24.0. The standard InChI is InChI=1S/C47H50O22/c1-25(48)61-23-37-43(64-26(2)49)42(58)44(65-27(3)50)46(66-37)69-47(24-63-39(55)17-10-28-6-13-31(51)14-7-28)45(67-40(56)19-12-30-9-16-33(53)35(21-30)60-5)41(57)36(68-47)22-62-38(54)18-11-29-8-15-32(52)34(20-29)59-4/h6-21,36-37,41-46,51-53,57-58H,22-24H2,1-5H3/t36-,37-,41-,42+,43-,44+,45+,46-,47+/m1/s1. The van der Waals surface area contributed by atoms with Gasteiger partial charge in [0.15, 0.2) is 41.3 Å². The Morgan fingerprint density at radius 2 is 1.10 bits per heavy atom. The highest BCUT2D eigenvalue weighted by Gasteiger charge is 2.63. The first-order valence-corrected chi connectivity index (χ1v) is 20.8. The molecular formula is C47H50O22. The summed E-state index contributed by atoms with van der Waals surface area (Å²) in [5, 5.41) is 53.2. The van der Waals surface area contributed by atoms with Crippen LogP contribution in [0.4, 0.5) is 0 Å². The van der Waals surface area contributed by atoms with E-state index in [2.05, 4.69) is 0 Å². The third kappa shape index (κ3) is 14.5. The number of aromatic hydroxyl groups is 3. The molecule has 0 aromatic heterocycles. The van der Waals surface area contributed by atoms with Gasteiger partial charge in [-0.2, -0.15) is 0 Å². The Balaban J connectivity index is 1.55. The molecule has 0 amide bonds. The van der Waals surface area contributed by atoms with E-state index in [9.17, 15) is 54.3 Å². The van der Waals surface area contributed by atoms with Crippen LogP contribution in [0.2, 0.25) is 0 Å². The van der Waals surface area contributed by atoms with Crippen molar-refractivity contribution in [1.82, 2.24) is 0 Å². The summed E-state index contributed by atoms with van der Waals surface area (Å²) in [6, 6.07) is 14.0. The number of ether oxygens (including phenoxy) is 11. The van der Waals surface area contributed by atoms with Crippen LogP contribution in [0.5, 0.6) is 28.7 Å². The van der Waals surface area contributed by atoms with E-state index in [1.165, 1.54) is 93.1 Å². The van der Waals surface area contributed by atoms with Gasteiger partial charge >= 0.3 is 35.8 Å². The van der Waals surface area contributed by atoms with Crippen molar-refractivity contribution < 1.29 is 106 Å². The normalized spacial score (nSPS) is 24.4. The maximum atomic E-state index is 13.7. The summed E-state index contributed by atoms with van der Waals surface area (Å²) in [6.45, 7) is 0.440. The molecule has 2 heterocycles. The lowest BCUT2D eigenvalue weighted by atomic mass is 9.98. The number of aliphatic hydroxyl groups is 2. The quantitative estimate of drug-likeness (QED) is 0.0654. The number of esters is 6. The van der Waals surface area contributed by atoms with Gasteiger partial charge in [-0.25, -0.2) is 14.4 Å². The van der Waals surface area contributed by atoms with Crippen LogP contribution >= 0.6 is 0 Å². The molecule has 5 rings (SSSR count). The van der Waals surface area contributed by atoms with Gasteiger partial charge in [-0.05, 0) is 71.3 Å². The molecule has 2 aliphatic rings. The summed E-state index contributed by atoms with van der Waals surface area (Å²) in [7, 11) is 2.64. The molecule has 0 saturated carbocycles. The molecule has 370 valence electrons. The molecule has 0 bridgehead atoms. The molecule has 2 saturated heterocycles. The van der Waals surface area contributed by atoms with Crippen LogP contribution in [0.25, 0.3) is 18.2 Å². The molecule has 0 aliphatic carbocycles. The number of phenols is 3. The highest BCUT2D eigenvalue weighted by Crippen LogP contribution is 2.40. The van der Waals surface area contributed by atoms with Gasteiger partial charge in [0.05, 0.1) is 14.2 Å². The van der Waals surface area contributed by atoms with Crippen molar-refractivity contribution in [3.05, 3.63) is 95.6 Å². The van der Waals surface area contributed by atoms with Gasteiger partial charge in [0, 0.05) is 39.0 Å². The van der Waals surface area contributed by atoms with E-state index in [-0.39, 0.29) is 28.7 Å². The number of phenolic OH excluding ortho intramolecular Hbond substituents is 3. The maximum absolute atomic E-state index is 13.7. The van der Waals surface area contributed by atoms with E-state index >= 15 is 0 Å². The zero-order chi connectivity index (χ0) is 50.4. The minimum Gasteiger partial charge on any atom is -0.508 e. The lowest BCUT2D eigenvalue weighted by molar-refractivity contribution is -0.384. The summed E-state index contributed by atoms with van der Waals surface area (Å²) < 4.78 is 61.3. The SMILES string of the molecule is COc1cc(C=CC(=O)OC[C@H]2O[C@@](COC(=O)C=Cc3ccc(O)cc3)(O[C@H]3O[C@H](COC(C)=O)[C@@H](OC(C)=O)[C@H](O)[C@@H]3OC(C)=O)[C@@H](OC(=O)C=Cc3ccc(O)c(OC)c3)[C@@H]2O)ccc1O. The van der Waals surface area contributed by atoms with Crippen LogP contribution in [0, 0.1) is 0 Å². The van der Waals surface area contributed by atoms with E-state index in [1.54, 1.807) is 0 Å². The van der Waals surface area contributed by atoms with Gasteiger partial charge in [-0.15, -0.1) is 0 Å². The summed E-state index contributed by atoms with van der Waals surface area (Å²) >= 11 is 0. The first-order valence-electron chi connectivity index (χ1n) is 20.8. The van der Waals surface area contributed by atoms with Gasteiger partial charge in [0.2, 0.25) is 12.1 Å². The minimum absolute atomic E-state index is 0.0466. The first kappa shape index (κ1) is 52.5. The highest BCUT2D eigenvalue weighted by atomic mass is 16.8. The second-order valence-corrected chi connectivity index (χ2v) is 15.1. The second-order valence-electron chi connectivity index (χ2n) is 15.1. The highest BCUT2D eigenvalue weighted by molar-refractivity contribution is 5.88. The molecule has 5 N–H and O–H groups in total. The van der Waals surface area contributed by atoms with Gasteiger partial charge in [-0.3, -0.25) is 14.4 Å². The van der Waals surface area contributed by atoms with Crippen LogP contribution < -0.4 is 9.47 Å².